The van der Waals surface area contributed by atoms with Gasteiger partial charge in [0.25, 0.3) is 0 Å². The highest BCUT2D eigenvalue weighted by atomic mass is 32.1. The van der Waals surface area contributed by atoms with Crippen molar-refractivity contribution >= 4 is 74.7 Å². The Morgan fingerprint density at radius 2 is 1.40 bits per heavy atom. The molecule has 4 heterocycles. The number of likely N-dealkylation sites (tertiary alicyclic amines) is 1. The third-order valence-corrected chi connectivity index (χ3v) is 17.7. The van der Waals surface area contributed by atoms with Gasteiger partial charge in [-0.1, -0.05) is 77.1 Å². The number of ether oxygens (including phenoxy) is 2. The number of halogens is 1. The van der Waals surface area contributed by atoms with Crippen molar-refractivity contribution in [1.82, 2.24) is 30.8 Å². The summed E-state index contributed by atoms with van der Waals surface area (Å²) in [4.78, 5) is 94.2. The van der Waals surface area contributed by atoms with Gasteiger partial charge >= 0.3 is 0 Å². The van der Waals surface area contributed by atoms with Crippen LogP contribution in [0.5, 0.6) is 17.2 Å². The number of carbonyl (C=O) groups is 6. The Kier molecular flexibility index (Phi) is 20.7. The van der Waals surface area contributed by atoms with Gasteiger partial charge in [0, 0.05) is 81.0 Å². The Morgan fingerprint density at radius 1 is 0.767 bits per heavy atom. The maximum atomic E-state index is 14.1. The number of unbranched alkanes of at least 4 members (excludes halogenated alkanes) is 6. The lowest BCUT2D eigenvalue weighted by molar-refractivity contribution is -0.146. The summed E-state index contributed by atoms with van der Waals surface area (Å²) in [5.41, 5.74) is 5.54. The van der Waals surface area contributed by atoms with Crippen molar-refractivity contribution < 1.29 is 47.7 Å². The molecule has 0 radical (unpaired) electrons. The number of pyridine rings is 1. The van der Waals surface area contributed by atoms with E-state index in [1.54, 1.807) is 55.0 Å². The Morgan fingerprint density at radius 3 is 2.00 bits per heavy atom. The van der Waals surface area contributed by atoms with Crippen LogP contribution in [0, 0.1) is 35.4 Å². The molecule has 86 heavy (non-hydrogen) atoms. The molecule has 3 fully saturated rings. The molecule has 20 heteroatoms. The first-order chi connectivity index (χ1) is 41.4. The number of benzene rings is 4. The van der Waals surface area contributed by atoms with Gasteiger partial charge in [0.2, 0.25) is 35.4 Å². The second-order valence-corrected chi connectivity index (χ2v) is 24.9. The number of hydrogen-bond donors (Lipinski definition) is 6. The quantitative estimate of drug-likeness (QED) is 0.0220. The third-order valence-electron chi connectivity index (χ3n) is 16.8. The second-order valence-electron chi connectivity index (χ2n) is 24.1. The predicted octanol–water partition coefficient (Wildman–Crippen LogP) is 10.5. The summed E-state index contributed by atoms with van der Waals surface area (Å²) < 4.78 is 25.6. The SMILES string of the molecule is COc1cc2c(Oc3ccc(NC(=O)C4(C(=O)Nc5ccc(F)cc5)CC4)cc3)ccnc2cc1N1CCC(C(=O)NCCCCCCCCCNC(=O)C[C@H](C(=O)N2C[C@H](O)C[C@H]2C(=O)NCc2ccc(-c3scnc3C)cc2)C(C)(C)C)CC1. The van der Waals surface area contributed by atoms with Crippen molar-refractivity contribution in [3.8, 4) is 27.7 Å². The fourth-order valence-corrected chi connectivity index (χ4v) is 12.2. The molecule has 3 atom stereocenters. The average molecular weight is 1190 g/mol. The highest BCUT2D eigenvalue weighted by Gasteiger charge is 2.56. The Labute approximate surface area is 506 Å². The van der Waals surface area contributed by atoms with E-state index in [1.165, 1.54) is 29.2 Å². The van der Waals surface area contributed by atoms with Gasteiger partial charge in [-0.25, -0.2) is 9.37 Å². The van der Waals surface area contributed by atoms with Gasteiger partial charge in [0.15, 0.2) is 0 Å². The molecule has 6 N–H and O–H groups in total. The molecule has 9 rings (SSSR count). The highest BCUT2D eigenvalue weighted by Crippen LogP contribution is 2.48. The van der Waals surface area contributed by atoms with Crippen LogP contribution in [0.1, 0.15) is 115 Å². The molecule has 0 unspecified atom stereocenters. The molecule has 2 aliphatic heterocycles. The fraction of sp³-hybridized carbons (Fsp3) is 0.455. The van der Waals surface area contributed by atoms with E-state index in [-0.39, 0.29) is 55.5 Å². The highest BCUT2D eigenvalue weighted by molar-refractivity contribution is 7.13. The topological polar surface area (TPSA) is 234 Å². The minimum absolute atomic E-state index is 0.00858. The van der Waals surface area contributed by atoms with Gasteiger partial charge in [0.1, 0.15) is 34.5 Å². The number of nitrogens with one attached hydrogen (secondary N) is 5. The van der Waals surface area contributed by atoms with Crippen molar-refractivity contribution in [2.24, 2.45) is 22.7 Å². The molecule has 2 aromatic heterocycles. The van der Waals surface area contributed by atoms with Crippen molar-refractivity contribution in [2.45, 2.75) is 130 Å². The van der Waals surface area contributed by atoms with Crippen LogP contribution in [0.25, 0.3) is 21.3 Å². The molecule has 6 aromatic rings. The van der Waals surface area contributed by atoms with Gasteiger partial charge in [-0.3, -0.25) is 33.8 Å². The number of aryl methyl sites for hydroxylation is 1. The molecule has 456 valence electrons. The minimum atomic E-state index is -1.19. The number of rotatable bonds is 26. The standard InChI is InChI=1S/C66H80FN9O9S/c1-42-59(86-41-72-42)44-15-13-43(14-16-44)39-71-61(80)55-35-49(77)40-76(55)62(81)52(65(2,3)4)37-58(78)69-30-11-9-7-6-8-10-12-31-70-60(79)45-26-33-75(34-27-45)54-38-53-51(36-57(54)84-5)56(25-32-68-53)85-50-23-21-48(22-24-50)74-64(83)66(28-29-66)63(82)73-47-19-17-46(67)18-20-47/h13-25,32,36,38,41,45,49,52,55,77H,6-12,26-31,33-35,37,39-40H2,1-5H3,(H,69,78)(H,70,79)(H,71,80)(H,73,82)(H,74,83)/t49-,52-,55+/m1/s1. The molecule has 6 amide bonds. The Hall–Kier alpha value is -7.97. The number of aromatic nitrogens is 2. The molecular weight excluding hydrogens is 1110 g/mol. The lowest BCUT2D eigenvalue weighted by Crippen LogP contribution is -2.50. The van der Waals surface area contributed by atoms with Gasteiger partial charge < -0.3 is 51.0 Å². The number of anilines is 3. The molecule has 1 saturated carbocycles. The first-order valence-corrected chi connectivity index (χ1v) is 30.9. The summed E-state index contributed by atoms with van der Waals surface area (Å²) in [6.07, 6.45) is 10.1. The number of aliphatic hydroxyl groups excluding tert-OH is 1. The number of hydrogen-bond acceptors (Lipinski definition) is 13. The van der Waals surface area contributed by atoms with E-state index in [0.29, 0.717) is 86.0 Å². The number of carbonyl (C=O) groups excluding carboxylic acids is 6. The molecule has 4 aromatic carbocycles. The molecule has 3 aliphatic rings. The number of fused-ring (bicyclic) bond motifs is 1. The molecule has 18 nitrogen and oxygen atoms in total. The maximum absolute atomic E-state index is 14.1. The van der Waals surface area contributed by atoms with Gasteiger partial charge in [-0.15, -0.1) is 11.3 Å². The maximum Gasteiger partial charge on any atom is 0.243 e. The van der Waals surface area contributed by atoms with Crippen LogP contribution in [0.2, 0.25) is 0 Å². The van der Waals surface area contributed by atoms with Crippen molar-refractivity contribution in [3.63, 3.8) is 0 Å². The van der Waals surface area contributed by atoms with E-state index in [0.717, 1.165) is 77.7 Å². The van der Waals surface area contributed by atoms with Crippen LogP contribution in [0.4, 0.5) is 21.5 Å². The van der Waals surface area contributed by atoms with Crippen molar-refractivity contribution in [1.29, 1.82) is 0 Å². The summed E-state index contributed by atoms with van der Waals surface area (Å²) in [5, 5.41) is 26.1. The van der Waals surface area contributed by atoms with Gasteiger partial charge in [-0.05, 0) is 129 Å². The predicted molar refractivity (Wildman–Crippen MR) is 331 cm³/mol. The van der Waals surface area contributed by atoms with Crippen LogP contribution >= 0.6 is 11.3 Å². The number of aliphatic hydroxyl groups is 1. The molecular formula is C66H80FN9O9S. The minimum Gasteiger partial charge on any atom is -0.495 e. The van der Waals surface area contributed by atoms with E-state index in [4.69, 9.17) is 9.47 Å². The zero-order chi connectivity index (χ0) is 61.0. The zero-order valence-corrected chi connectivity index (χ0v) is 50.7. The largest absolute Gasteiger partial charge is 0.495 e. The molecule has 0 spiro atoms. The number of amides is 6. The fourth-order valence-electron chi connectivity index (χ4n) is 11.4. The summed E-state index contributed by atoms with van der Waals surface area (Å²) in [5.74, 6) is -1.01. The van der Waals surface area contributed by atoms with Crippen molar-refractivity contribution in [3.05, 3.63) is 120 Å². The Balaban J connectivity index is 0.635. The summed E-state index contributed by atoms with van der Waals surface area (Å²) in [7, 11) is 1.63. The normalized spacial score (nSPS) is 16.9. The van der Waals surface area contributed by atoms with Crippen LogP contribution in [0.15, 0.2) is 103 Å². The Bertz CT molecular complexity index is 3340. The van der Waals surface area contributed by atoms with Gasteiger partial charge in [0.05, 0.1) is 46.4 Å². The molecule has 0 bridgehead atoms. The van der Waals surface area contributed by atoms with Crippen LogP contribution in [-0.4, -0.2) is 107 Å². The smallest absolute Gasteiger partial charge is 0.243 e. The zero-order valence-electron chi connectivity index (χ0n) is 49.8. The van der Waals surface area contributed by atoms with E-state index >= 15 is 0 Å². The van der Waals surface area contributed by atoms with E-state index < -0.39 is 46.5 Å². The lowest BCUT2D eigenvalue weighted by Gasteiger charge is -2.34. The lowest BCUT2D eigenvalue weighted by atomic mass is 9.77. The monoisotopic (exact) mass is 1190 g/mol. The number of piperidine rings is 1. The van der Waals surface area contributed by atoms with Gasteiger partial charge in [-0.2, -0.15) is 0 Å². The number of nitrogens with zero attached hydrogens (tertiary/aromatic N) is 4. The average Bonchev–Trinajstić information content (AvgIpc) is 1.77. The van der Waals surface area contributed by atoms with Crippen LogP contribution in [-0.2, 0) is 35.3 Å². The van der Waals surface area contributed by atoms with Crippen LogP contribution in [0.3, 0.4) is 0 Å². The summed E-state index contributed by atoms with van der Waals surface area (Å²) >= 11 is 1.58. The van der Waals surface area contributed by atoms with Crippen LogP contribution < -0.4 is 41.0 Å². The van der Waals surface area contributed by atoms with E-state index in [2.05, 4.69) is 41.5 Å². The number of β-amino-alcohol motifs (C(OH)–C–C–N with tert-alkyl or cyclic N) is 1. The molecule has 1 aliphatic carbocycles. The first-order valence-electron chi connectivity index (χ1n) is 30.1. The summed E-state index contributed by atoms with van der Waals surface area (Å²) in [6, 6.07) is 25.1. The van der Waals surface area contributed by atoms with E-state index in [1.807, 2.05) is 69.6 Å². The first kappa shape index (κ1) is 62.6. The van der Waals surface area contributed by atoms with Crippen molar-refractivity contribution in [2.75, 3.05) is 55.4 Å². The third kappa shape index (κ3) is 15.9. The number of methoxy groups -OCH3 is 1. The van der Waals surface area contributed by atoms with E-state index in [9.17, 15) is 38.3 Å². The molecule has 2 saturated heterocycles. The summed E-state index contributed by atoms with van der Waals surface area (Å²) in [6.45, 7) is 10.6. The second kappa shape index (κ2) is 28.5. The number of thiazole rings is 1.